The van der Waals surface area contributed by atoms with Crippen LogP contribution in [0, 0.1) is 20.8 Å². The topological polar surface area (TPSA) is 80.6 Å². The fourth-order valence-electron chi connectivity index (χ4n) is 3.24. The molecule has 2 aromatic heterocycles. The largest absolute Gasteiger partial charge is 0.355 e. The highest BCUT2D eigenvalue weighted by molar-refractivity contribution is 8.00. The molecule has 1 N–H and O–H groups in total. The molecule has 3 aromatic rings. The van der Waals surface area contributed by atoms with Gasteiger partial charge in [-0.15, -0.1) is 10.2 Å². The standard InChI is InChI=1S/C20H22N4O2S/c1-11-8-6-7-9-16(11)24-10-21-23-20(24)27-15(5)19(26)18-12(2)17(14(4)25)13(3)22-18/h6-10,15,22H,1-5H3/t15-/m1/s1. The van der Waals surface area contributed by atoms with Crippen LogP contribution >= 0.6 is 11.8 Å². The molecule has 0 aliphatic carbocycles. The van der Waals surface area contributed by atoms with Crippen LogP contribution in [-0.4, -0.2) is 36.6 Å². The highest BCUT2D eigenvalue weighted by Crippen LogP contribution is 2.29. The summed E-state index contributed by atoms with van der Waals surface area (Å²) in [5.41, 5.74) is 4.59. The van der Waals surface area contributed by atoms with Crippen molar-refractivity contribution in [2.24, 2.45) is 0 Å². The molecule has 27 heavy (non-hydrogen) atoms. The second-order valence-electron chi connectivity index (χ2n) is 6.58. The number of rotatable bonds is 6. The van der Waals surface area contributed by atoms with Gasteiger partial charge in [0.05, 0.1) is 16.6 Å². The van der Waals surface area contributed by atoms with E-state index in [9.17, 15) is 9.59 Å². The van der Waals surface area contributed by atoms with E-state index in [4.69, 9.17) is 0 Å². The summed E-state index contributed by atoms with van der Waals surface area (Å²) < 4.78 is 1.89. The lowest BCUT2D eigenvalue weighted by Gasteiger charge is -2.12. The molecule has 0 spiro atoms. The maximum atomic E-state index is 13.0. The van der Waals surface area contributed by atoms with Crippen LogP contribution in [0.4, 0.5) is 0 Å². The summed E-state index contributed by atoms with van der Waals surface area (Å²) in [4.78, 5) is 27.9. The molecule has 1 atom stereocenters. The molecule has 0 fully saturated rings. The van der Waals surface area contributed by atoms with Crippen LogP contribution in [-0.2, 0) is 0 Å². The van der Waals surface area contributed by atoms with Crippen LogP contribution in [0.2, 0.25) is 0 Å². The van der Waals surface area contributed by atoms with Gasteiger partial charge < -0.3 is 4.98 Å². The number of H-pyrrole nitrogens is 1. The number of benzene rings is 1. The number of aromatic amines is 1. The summed E-state index contributed by atoms with van der Waals surface area (Å²) in [6.07, 6.45) is 1.65. The number of nitrogens with one attached hydrogen (secondary N) is 1. The Morgan fingerprint density at radius 1 is 1.19 bits per heavy atom. The zero-order valence-electron chi connectivity index (χ0n) is 16.0. The molecule has 3 rings (SSSR count). The van der Waals surface area contributed by atoms with Crippen LogP contribution in [0.3, 0.4) is 0 Å². The maximum absolute atomic E-state index is 13.0. The van der Waals surface area contributed by atoms with E-state index in [1.165, 1.54) is 18.7 Å². The number of aromatic nitrogens is 4. The molecule has 6 nitrogen and oxygen atoms in total. The third-order valence-corrected chi connectivity index (χ3v) is 5.64. The SMILES string of the molecule is CC(=O)c1c(C)[nH]c(C(=O)[C@@H](C)Sc2nncn2-c2ccccc2C)c1C. The van der Waals surface area contributed by atoms with Crippen molar-refractivity contribution >= 4 is 23.3 Å². The zero-order valence-corrected chi connectivity index (χ0v) is 16.8. The zero-order chi connectivity index (χ0) is 19.7. The van der Waals surface area contributed by atoms with Gasteiger partial charge in [-0.3, -0.25) is 14.2 Å². The van der Waals surface area contributed by atoms with Gasteiger partial charge >= 0.3 is 0 Å². The Morgan fingerprint density at radius 2 is 1.89 bits per heavy atom. The Balaban J connectivity index is 1.87. The molecule has 0 radical (unpaired) electrons. The van der Waals surface area contributed by atoms with Crippen molar-refractivity contribution in [2.45, 2.75) is 45.0 Å². The first-order chi connectivity index (χ1) is 12.8. The molecule has 140 valence electrons. The Labute approximate surface area is 162 Å². The number of aryl methyl sites for hydroxylation is 2. The number of ketones is 2. The summed E-state index contributed by atoms with van der Waals surface area (Å²) in [5, 5.41) is 8.46. The van der Waals surface area contributed by atoms with Gasteiger partial charge in [0.25, 0.3) is 0 Å². The number of carbonyl (C=O) groups is 2. The summed E-state index contributed by atoms with van der Waals surface area (Å²) in [7, 11) is 0. The lowest BCUT2D eigenvalue weighted by Crippen LogP contribution is -2.16. The number of Topliss-reactive ketones (excluding diaryl/α,β-unsaturated/α-hetero) is 2. The molecule has 0 aliphatic heterocycles. The lowest BCUT2D eigenvalue weighted by atomic mass is 10.0. The van der Waals surface area contributed by atoms with Gasteiger partial charge in [0.2, 0.25) is 0 Å². The van der Waals surface area contributed by atoms with Gasteiger partial charge in [0.1, 0.15) is 6.33 Å². The first-order valence-corrected chi connectivity index (χ1v) is 9.56. The summed E-state index contributed by atoms with van der Waals surface area (Å²) in [6.45, 7) is 8.99. The summed E-state index contributed by atoms with van der Waals surface area (Å²) in [6, 6.07) is 7.95. The molecular weight excluding hydrogens is 360 g/mol. The molecule has 0 saturated carbocycles. The number of hydrogen-bond acceptors (Lipinski definition) is 5. The monoisotopic (exact) mass is 382 g/mol. The number of para-hydroxylation sites is 1. The minimum Gasteiger partial charge on any atom is -0.355 e. The third kappa shape index (κ3) is 3.60. The fraction of sp³-hybridized carbons (Fsp3) is 0.300. The maximum Gasteiger partial charge on any atom is 0.196 e. The van der Waals surface area contributed by atoms with E-state index < -0.39 is 0 Å². The smallest absolute Gasteiger partial charge is 0.196 e. The fourth-order valence-corrected chi connectivity index (χ4v) is 4.14. The molecule has 0 aliphatic rings. The van der Waals surface area contributed by atoms with E-state index in [-0.39, 0.29) is 16.8 Å². The van der Waals surface area contributed by atoms with Crippen molar-refractivity contribution in [3.8, 4) is 5.69 Å². The Kier molecular flexibility index (Phi) is 5.32. The van der Waals surface area contributed by atoms with Crippen molar-refractivity contribution in [1.82, 2.24) is 19.7 Å². The summed E-state index contributed by atoms with van der Waals surface area (Å²) in [5.74, 6) is -0.104. The van der Waals surface area contributed by atoms with Gasteiger partial charge in [0, 0.05) is 11.3 Å². The number of hydrogen-bond donors (Lipinski definition) is 1. The van der Waals surface area contributed by atoms with E-state index in [1.807, 2.05) is 49.6 Å². The second kappa shape index (κ2) is 7.52. The quantitative estimate of drug-likeness (QED) is 0.513. The van der Waals surface area contributed by atoms with Crippen molar-refractivity contribution in [3.05, 3.63) is 58.7 Å². The number of carbonyl (C=O) groups excluding carboxylic acids is 2. The summed E-state index contributed by atoms with van der Waals surface area (Å²) >= 11 is 1.35. The third-order valence-electron chi connectivity index (χ3n) is 4.58. The number of nitrogens with zero attached hydrogens (tertiary/aromatic N) is 3. The molecule has 7 heteroatoms. The van der Waals surface area contributed by atoms with Gasteiger partial charge in [-0.2, -0.15) is 0 Å². The minimum atomic E-state index is -0.381. The van der Waals surface area contributed by atoms with Crippen molar-refractivity contribution in [1.29, 1.82) is 0 Å². The van der Waals surface area contributed by atoms with Crippen LogP contribution in [0.1, 0.15) is 51.5 Å². The molecule has 2 heterocycles. The average molecular weight is 382 g/mol. The molecule has 1 aromatic carbocycles. The first kappa shape index (κ1) is 19.1. The molecular formula is C20H22N4O2S. The predicted molar refractivity (Wildman–Crippen MR) is 106 cm³/mol. The van der Waals surface area contributed by atoms with E-state index in [1.54, 1.807) is 13.3 Å². The van der Waals surface area contributed by atoms with E-state index in [0.29, 0.717) is 22.0 Å². The van der Waals surface area contributed by atoms with Crippen LogP contribution in [0.15, 0.2) is 35.7 Å². The Hall–Kier alpha value is -2.67. The molecule has 0 saturated heterocycles. The van der Waals surface area contributed by atoms with E-state index in [2.05, 4.69) is 15.2 Å². The highest BCUT2D eigenvalue weighted by atomic mass is 32.2. The van der Waals surface area contributed by atoms with Crippen molar-refractivity contribution < 1.29 is 9.59 Å². The number of thioether (sulfide) groups is 1. The first-order valence-electron chi connectivity index (χ1n) is 8.68. The minimum absolute atomic E-state index is 0.0418. The molecule has 0 unspecified atom stereocenters. The Bertz CT molecular complexity index is 1020. The van der Waals surface area contributed by atoms with Crippen LogP contribution in [0.5, 0.6) is 0 Å². The van der Waals surface area contributed by atoms with Gasteiger partial charge in [-0.1, -0.05) is 30.0 Å². The molecule has 0 bridgehead atoms. The van der Waals surface area contributed by atoms with Gasteiger partial charge in [-0.25, -0.2) is 0 Å². The normalized spacial score (nSPS) is 12.2. The second-order valence-corrected chi connectivity index (χ2v) is 7.88. The van der Waals surface area contributed by atoms with E-state index >= 15 is 0 Å². The molecule has 0 amide bonds. The van der Waals surface area contributed by atoms with Crippen molar-refractivity contribution in [2.75, 3.05) is 0 Å². The van der Waals surface area contributed by atoms with E-state index in [0.717, 1.165) is 16.9 Å². The van der Waals surface area contributed by atoms with Gasteiger partial charge in [0.15, 0.2) is 16.7 Å². The highest BCUT2D eigenvalue weighted by Gasteiger charge is 2.25. The van der Waals surface area contributed by atoms with Crippen LogP contribution in [0.25, 0.3) is 5.69 Å². The van der Waals surface area contributed by atoms with Gasteiger partial charge in [-0.05, 0) is 51.8 Å². The van der Waals surface area contributed by atoms with Crippen molar-refractivity contribution in [3.63, 3.8) is 0 Å². The Morgan fingerprint density at radius 3 is 2.52 bits per heavy atom. The average Bonchev–Trinajstić information content (AvgIpc) is 3.18. The van der Waals surface area contributed by atoms with Crippen LogP contribution < -0.4 is 0 Å². The lowest BCUT2D eigenvalue weighted by molar-refractivity contribution is 0.0988. The predicted octanol–water partition coefficient (Wildman–Crippen LogP) is 4.09.